The molecular weight excluding hydrogens is 508 g/mol. The summed E-state index contributed by atoms with van der Waals surface area (Å²) in [5.41, 5.74) is -2.14. The Kier molecular flexibility index (Phi) is 7.13. The van der Waals surface area contributed by atoms with Crippen LogP contribution in [0.3, 0.4) is 0 Å². The van der Waals surface area contributed by atoms with Gasteiger partial charge in [-0.25, -0.2) is 0 Å². The number of epoxide rings is 1. The van der Waals surface area contributed by atoms with Crippen molar-refractivity contribution in [2.24, 2.45) is 28.6 Å². The molecule has 1 N–H and O–H groups in total. The topological polar surface area (TPSA) is 130 Å². The Balaban J connectivity index is 1.65. The van der Waals surface area contributed by atoms with E-state index in [1.807, 2.05) is 26.0 Å². The van der Waals surface area contributed by atoms with Crippen LogP contribution in [-0.4, -0.2) is 72.5 Å². The molecule has 1 saturated carbocycles. The Morgan fingerprint density at radius 2 is 1.90 bits per heavy atom. The number of ether oxygens (including phenoxy) is 6. The van der Waals surface area contributed by atoms with Gasteiger partial charge in [-0.1, -0.05) is 26.3 Å². The number of carbonyl (C=O) groups excluding carboxylic acids is 3. The zero-order valence-corrected chi connectivity index (χ0v) is 23.5. The second-order valence-electron chi connectivity index (χ2n) is 12.0. The molecule has 0 bridgehead atoms. The van der Waals surface area contributed by atoms with Gasteiger partial charge in [0.1, 0.15) is 18.3 Å². The van der Waals surface area contributed by atoms with E-state index in [-0.39, 0.29) is 37.6 Å². The van der Waals surface area contributed by atoms with Gasteiger partial charge in [-0.05, 0) is 44.3 Å². The second kappa shape index (κ2) is 9.89. The highest BCUT2D eigenvalue weighted by Crippen LogP contribution is 2.69. The zero-order valence-electron chi connectivity index (χ0n) is 23.5. The summed E-state index contributed by atoms with van der Waals surface area (Å²) in [4.78, 5) is 37.6. The Hall–Kier alpha value is -2.43. The van der Waals surface area contributed by atoms with Crippen LogP contribution in [0.1, 0.15) is 60.8 Å². The third-order valence-electron chi connectivity index (χ3n) is 10.0. The molecule has 11 atom stereocenters. The predicted octanol–water partition coefficient (Wildman–Crippen LogP) is 2.82. The molecule has 0 amide bonds. The van der Waals surface area contributed by atoms with Crippen LogP contribution < -0.4 is 0 Å². The normalized spacial score (nSPS) is 44.5. The average Bonchev–Trinajstić information content (AvgIpc) is 3.36. The maximum atomic E-state index is 13.0. The highest BCUT2D eigenvalue weighted by atomic mass is 16.7. The van der Waals surface area contributed by atoms with E-state index >= 15 is 0 Å². The molecule has 5 rings (SSSR count). The summed E-state index contributed by atoms with van der Waals surface area (Å²) in [7, 11) is 0. The Morgan fingerprint density at radius 1 is 1.18 bits per heavy atom. The molecule has 216 valence electrons. The zero-order chi connectivity index (χ0) is 28.3. The van der Waals surface area contributed by atoms with Crippen molar-refractivity contribution in [3.8, 4) is 0 Å². The van der Waals surface area contributed by atoms with E-state index in [9.17, 15) is 19.5 Å². The Labute approximate surface area is 229 Å². The van der Waals surface area contributed by atoms with Crippen molar-refractivity contribution in [2.75, 3.05) is 13.2 Å². The molecule has 2 aliphatic carbocycles. The lowest BCUT2D eigenvalue weighted by Crippen LogP contribution is -2.72. The summed E-state index contributed by atoms with van der Waals surface area (Å²) in [6.07, 6.45) is 3.37. The van der Waals surface area contributed by atoms with Crippen LogP contribution in [-0.2, 0) is 42.8 Å². The van der Waals surface area contributed by atoms with E-state index in [0.29, 0.717) is 12.8 Å². The minimum Gasteiger partial charge on any atom is -0.472 e. The van der Waals surface area contributed by atoms with Gasteiger partial charge in [0.15, 0.2) is 6.10 Å². The van der Waals surface area contributed by atoms with E-state index in [0.717, 1.165) is 5.57 Å². The molecule has 5 aliphatic rings. The molecule has 2 saturated heterocycles. The fourth-order valence-electron chi connectivity index (χ4n) is 7.50. The van der Waals surface area contributed by atoms with Crippen molar-refractivity contribution in [1.29, 1.82) is 0 Å². The van der Waals surface area contributed by atoms with Gasteiger partial charge in [0.05, 0.1) is 36.4 Å². The molecule has 3 fully saturated rings. The summed E-state index contributed by atoms with van der Waals surface area (Å²) < 4.78 is 35.9. The molecule has 10 heteroatoms. The van der Waals surface area contributed by atoms with Crippen molar-refractivity contribution in [3.63, 3.8) is 0 Å². The lowest BCUT2D eigenvalue weighted by atomic mass is 9.44. The molecule has 3 aliphatic heterocycles. The van der Waals surface area contributed by atoms with Crippen LogP contribution in [0.5, 0.6) is 0 Å². The van der Waals surface area contributed by atoms with Crippen molar-refractivity contribution in [1.82, 2.24) is 0 Å². The minimum atomic E-state index is -1.24. The minimum absolute atomic E-state index is 0.0950. The largest absolute Gasteiger partial charge is 0.472 e. The summed E-state index contributed by atoms with van der Waals surface area (Å²) in [5, 5.41) is 11.6. The number of aliphatic hydroxyl groups excluding tert-OH is 1. The molecule has 0 aromatic heterocycles. The monoisotopic (exact) mass is 548 g/mol. The summed E-state index contributed by atoms with van der Waals surface area (Å²) in [5.74, 6) is -2.16. The number of fused-ring (bicyclic) bond motifs is 3. The van der Waals surface area contributed by atoms with Crippen LogP contribution in [0.15, 0.2) is 24.0 Å². The molecule has 11 unspecified atom stereocenters. The van der Waals surface area contributed by atoms with Crippen molar-refractivity contribution < 1.29 is 47.9 Å². The fourth-order valence-corrected chi connectivity index (χ4v) is 7.50. The average molecular weight is 549 g/mol. The third kappa shape index (κ3) is 4.21. The van der Waals surface area contributed by atoms with Crippen LogP contribution in [0.4, 0.5) is 0 Å². The number of esters is 3. The van der Waals surface area contributed by atoms with E-state index in [1.54, 1.807) is 13.2 Å². The van der Waals surface area contributed by atoms with Gasteiger partial charge in [-0.2, -0.15) is 0 Å². The molecule has 1 spiro atoms. The van der Waals surface area contributed by atoms with E-state index < -0.39 is 64.9 Å². The highest BCUT2D eigenvalue weighted by molar-refractivity contribution is 5.72. The molecule has 0 radical (unpaired) electrons. The predicted molar refractivity (Wildman–Crippen MR) is 136 cm³/mol. The fraction of sp³-hybridized carbons (Fsp3) is 0.759. The van der Waals surface area contributed by atoms with Crippen LogP contribution in [0, 0.1) is 28.6 Å². The second-order valence-corrected chi connectivity index (χ2v) is 12.0. The summed E-state index contributed by atoms with van der Waals surface area (Å²) in [6.45, 7) is 10.4. The van der Waals surface area contributed by atoms with Gasteiger partial charge in [0, 0.05) is 25.2 Å². The van der Waals surface area contributed by atoms with Crippen LogP contribution >= 0.6 is 0 Å². The van der Waals surface area contributed by atoms with Gasteiger partial charge in [0.2, 0.25) is 6.29 Å². The Bertz CT molecular complexity index is 1080. The quantitative estimate of drug-likeness (QED) is 0.219. The molecule has 0 aromatic rings. The van der Waals surface area contributed by atoms with Crippen molar-refractivity contribution in [2.45, 2.75) is 97.1 Å². The van der Waals surface area contributed by atoms with Gasteiger partial charge >= 0.3 is 17.9 Å². The van der Waals surface area contributed by atoms with E-state index in [2.05, 4.69) is 6.92 Å². The molecule has 0 aromatic carbocycles. The third-order valence-corrected chi connectivity index (χ3v) is 10.0. The van der Waals surface area contributed by atoms with E-state index in [1.165, 1.54) is 13.8 Å². The van der Waals surface area contributed by atoms with Gasteiger partial charge in [-0.15, -0.1) is 0 Å². The first kappa shape index (κ1) is 28.1. The van der Waals surface area contributed by atoms with Crippen molar-refractivity contribution >= 4 is 17.9 Å². The standard InChI is InChI=1S/C29H40O10/c1-7-15(2)25(33)39-24-20(32)12-21-27(6,22-11-19-8-9-34-26(19)38-22)16(3)10-23(37-18(5)31)28(21,13-35-17(4)30)29(24)14-36-29/h8-10,15,19-24,26,32H,7,11-14H2,1-6H3. The number of rotatable bonds is 7. The number of hydrogen-bond acceptors (Lipinski definition) is 10. The summed E-state index contributed by atoms with van der Waals surface area (Å²) in [6, 6.07) is 0. The number of aliphatic hydroxyl groups is 1. The Morgan fingerprint density at radius 3 is 2.49 bits per heavy atom. The number of hydrogen-bond donors (Lipinski definition) is 1. The van der Waals surface area contributed by atoms with Crippen LogP contribution in [0.2, 0.25) is 0 Å². The first-order chi connectivity index (χ1) is 18.4. The first-order valence-electron chi connectivity index (χ1n) is 13.9. The lowest BCUT2D eigenvalue weighted by Gasteiger charge is -2.62. The maximum Gasteiger partial charge on any atom is 0.309 e. The van der Waals surface area contributed by atoms with Gasteiger partial charge in [0.25, 0.3) is 0 Å². The van der Waals surface area contributed by atoms with Gasteiger partial charge in [-0.3, -0.25) is 14.4 Å². The smallest absolute Gasteiger partial charge is 0.309 e. The number of carbonyl (C=O) groups is 3. The van der Waals surface area contributed by atoms with Crippen molar-refractivity contribution in [3.05, 3.63) is 24.0 Å². The van der Waals surface area contributed by atoms with E-state index in [4.69, 9.17) is 28.4 Å². The molecule has 10 nitrogen and oxygen atoms in total. The molecule has 3 heterocycles. The first-order valence-corrected chi connectivity index (χ1v) is 13.9. The van der Waals surface area contributed by atoms with Gasteiger partial charge < -0.3 is 33.5 Å². The lowest BCUT2D eigenvalue weighted by molar-refractivity contribution is -0.248. The van der Waals surface area contributed by atoms with Crippen LogP contribution in [0.25, 0.3) is 0 Å². The summed E-state index contributed by atoms with van der Waals surface area (Å²) >= 11 is 0. The SMILES string of the molecule is CCC(C)C(=O)OC1C(O)CC2C(C)(C3CC4C=COC4O3)C(C)=CC(OC(C)=O)C2(COC(C)=O)C12CO2. The molecule has 39 heavy (non-hydrogen) atoms. The molecular formula is C29H40O10. The highest BCUT2D eigenvalue weighted by Gasteiger charge is 2.80. The maximum absolute atomic E-state index is 13.0.